The van der Waals surface area contributed by atoms with Crippen LogP contribution >= 0.6 is 0 Å². The number of amides is 2. The third-order valence-electron chi connectivity index (χ3n) is 7.13. The van der Waals surface area contributed by atoms with E-state index in [9.17, 15) is 9.59 Å². The highest BCUT2D eigenvalue weighted by Gasteiger charge is 2.28. The largest absolute Gasteiger partial charge is 0.361 e. The van der Waals surface area contributed by atoms with Crippen molar-refractivity contribution in [3.05, 3.63) is 101 Å². The maximum atomic E-state index is 12.1. The fraction of sp³-hybridized carbons (Fsp3) is 0.241. The monoisotopic (exact) mass is 497 g/mol. The van der Waals surface area contributed by atoms with Crippen molar-refractivity contribution in [2.24, 2.45) is 0 Å². The Morgan fingerprint density at radius 2 is 2.00 bits per heavy atom. The van der Waals surface area contributed by atoms with E-state index in [1.807, 2.05) is 24.4 Å². The van der Waals surface area contributed by atoms with Crippen molar-refractivity contribution in [2.45, 2.75) is 31.8 Å². The summed E-state index contributed by atoms with van der Waals surface area (Å²) in [6.45, 7) is 1.59. The number of aromatic nitrogens is 2. The van der Waals surface area contributed by atoms with Crippen LogP contribution < -0.4 is 10.8 Å². The number of aromatic amines is 2. The SMILES string of the molecule is CNC(=O)c1cc(CN(CCc2c[nH]c3ccccc23)C2CCc3cc(/C=C/C(=O)NO)ccc32)c[nH]1. The van der Waals surface area contributed by atoms with Gasteiger partial charge in [-0.05, 0) is 65.3 Å². The van der Waals surface area contributed by atoms with Crippen LogP contribution in [-0.4, -0.2) is 45.5 Å². The minimum absolute atomic E-state index is 0.127. The molecular weight excluding hydrogens is 466 g/mol. The minimum atomic E-state index is -0.551. The van der Waals surface area contributed by atoms with E-state index in [1.54, 1.807) is 18.6 Å². The maximum Gasteiger partial charge on any atom is 0.267 e. The van der Waals surface area contributed by atoms with Crippen LogP contribution in [-0.2, 0) is 24.2 Å². The number of H-pyrrole nitrogens is 2. The van der Waals surface area contributed by atoms with Gasteiger partial charge in [0.05, 0.1) is 0 Å². The van der Waals surface area contributed by atoms with Crippen LogP contribution in [0.3, 0.4) is 0 Å². The lowest BCUT2D eigenvalue weighted by molar-refractivity contribution is -0.124. The van der Waals surface area contributed by atoms with Crippen LogP contribution in [0, 0.1) is 0 Å². The topological polar surface area (TPSA) is 113 Å². The van der Waals surface area contributed by atoms with Crippen molar-refractivity contribution in [2.75, 3.05) is 13.6 Å². The molecule has 1 aliphatic carbocycles. The molecule has 1 atom stereocenters. The normalized spacial score (nSPS) is 14.9. The van der Waals surface area contributed by atoms with Gasteiger partial charge in [-0.1, -0.05) is 36.4 Å². The van der Waals surface area contributed by atoms with Crippen LogP contribution in [0.5, 0.6) is 0 Å². The number of hydroxylamine groups is 1. The number of aryl methyl sites for hydroxylation is 1. The second-order valence-corrected chi connectivity index (χ2v) is 9.40. The van der Waals surface area contributed by atoms with Gasteiger partial charge in [-0.25, -0.2) is 5.48 Å². The lowest BCUT2D eigenvalue weighted by atomic mass is 10.0. The van der Waals surface area contributed by atoms with Gasteiger partial charge in [0.2, 0.25) is 0 Å². The Hall–Kier alpha value is -4.14. The fourth-order valence-electron chi connectivity index (χ4n) is 5.29. The molecule has 0 spiro atoms. The zero-order valence-corrected chi connectivity index (χ0v) is 20.8. The van der Waals surface area contributed by atoms with Crippen LogP contribution in [0.25, 0.3) is 17.0 Å². The van der Waals surface area contributed by atoms with Crippen molar-refractivity contribution < 1.29 is 14.8 Å². The molecule has 0 radical (unpaired) electrons. The molecule has 1 unspecified atom stereocenters. The van der Waals surface area contributed by atoms with E-state index in [-0.39, 0.29) is 11.9 Å². The molecular formula is C29H31N5O3. The maximum absolute atomic E-state index is 12.1. The Morgan fingerprint density at radius 1 is 1.14 bits per heavy atom. The molecule has 2 aromatic carbocycles. The summed E-state index contributed by atoms with van der Waals surface area (Å²) in [4.78, 5) is 32.4. The Kier molecular flexibility index (Phi) is 7.20. The second-order valence-electron chi connectivity index (χ2n) is 9.40. The van der Waals surface area contributed by atoms with E-state index in [2.05, 4.69) is 56.7 Å². The predicted molar refractivity (Wildman–Crippen MR) is 143 cm³/mol. The third-order valence-corrected chi connectivity index (χ3v) is 7.13. The highest BCUT2D eigenvalue weighted by atomic mass is 16.5. The van der Waals surface area contributed by atoms with Crippen molar-refractivity contribution in [1.29, 1.82) is 0 Å². The van der Waals surface area contributed by atoms with Crippen molar-refractivity contribution in [3.8, 4) is 0 Å². The van der Waals surface area contributed by atoms with Crippen LogP contribution in [0.4, 0.5) is 0 Å². The van der Waals surface area contributed by atoms with E-state index < -0.39 is 5.91 Å². The lowest BCUT2D eigenvalue weighted by Gasteiger charge is -2.29. The van der Waals surface area contributed by atoms with Crippen LogP contribution in [0.1, 0.15) is 50.8 Å². The van der Waals surface area contributed by atoms with Gasteiger partial charge in [-0.3, -0.25) is 19.7 Å². The molecule has 5 N–H and O–H groups in total. The molecule has 1 aliphatic rings. The molecule has 2 amide bonds. The summed E-state index contributed by atoms with van der Waals surface area (Å²) in [5, 5.41) is 12.6. The van der Waals surface area contributed by atoms with E-state index in [0.29, 0.717) is 5.69 Å². The lowest BCUT2D eigenvalue weighted by Crippen LogP contribution is -2.29. The van der Waals surface area contributed by atoms with Gasteiger partial charge in [0, 0.05) is 55.6 Å². The van der Waals surface area contributed by atoms with Crippen molar-refractivity contribution in [3.63, 3.8) is 0 Å². The number of nitrogens with zero attached hydrogens (tertiary/aromatic N) is 1. The minimum Gasteiger partial charge on any atom is -0.361 e. The van der Waals surface area contributed by atoms with Gasteiger partial charge in [-0.2, -0.15) is 0 Å². The number of carbonyl (C=O) groups is 2. The summed E-state index contributed by atoms with van der Waals surface area (Å²) in [6.07, 6.45) is 9.89. The summed E-state index contributed by atoms with van der Waals surface area (Å²) in [7, 11) is 1.63. The highest BCUT2D eigenvalue weighted by molar-refractivity contribution is 5.92. The van der Waals surface area contributed by atoms with Gasteiger partial charge >= 0.3 is 0 Å². The Balaban J connectivity index is 1.39. The summed E-state index contributed by atoms with van der Waals surface area (Å²) in [6, 6.07) is 16.8. The Bertz CT molecular complexity index is 1450. The quantitative estimate of drug-likeness (QED) is 0.136. The summed E-state index contributed by atoms with van der Waals surface area (Å²) in [5.41, 5.74) is 9.18. The van der Waals surface area contributed by atoms with Gasteiger partial charge < -0.3 is 15.3 Å². The first-order valence-electron chi connectivity index (χ1n) is 12.5. The number of hydrogen-bond donors (Lipinski definition) is 5. The molecule has 5 rings (SSSR count). The van der Waals surface area contributed by atoms with Crippen molar-refractivity contribution in [1.82, 2.24) is 25.7 Å². The summed E-state index contributed by atoms with van der Waals surface area (Å²) >= 11 is 0. The van der Waals surface area contributed by atoms with Gasteiger partial charge in [0.15, 0.2) is 0 Å². The molecule has 2 aromatic heterocycles. The van der Waals surface area contributed by atoms with E-state index >= 15 is 0 Å². The molecule has 8 heteroatoms. The number of carbonyl (C=O) groups excluding carboxylic acids is 2. The average molecular weight is 498 g/mol. The first-order chi connectivity index (χ1) is 18.1. The molecule has 2 heterocycles. The fourth-order valence-corrected chi connectivity index (χ4v) is 5.29. The Labute approximate surface area is 215 Å². The number of benzene rings is 2. The molecule has 0 bridgehead atoms. The number of hydrogen-bond acceptors (Lipinski definition) is 4. The molecule has 0 saturated heterocycles. The summed E-state index contributed by atoms with van der Waals surface area (Å²) in [5.74, 6) is -0.678. The van der Waals surface area contributed by atoms with Gasteiger partial charge in [0.25, 0.3) is 11.8 Å². The van der Waals surface area contributed by atoms with Crippen LogP contribution in [0.15, 0.2) is 67.0 Å². The molecule has 0 fully saturated rings. The number of nitrogens with one attached hydrogen (secondary N) is 4. The zero-order chi connectivity index (χ0) is 25.8. The Morgan fingerprint density at radius 3 is 2.84 bits per heavy atom. The van der Waals surface area contributed by atoms with E-state index in [0.717, 1.165) is 49.0 Å². The van der Waals surface area contributed by atoms with E-state index in [4.69, 9.17) is 5.21 Å². The molecule has 8 nitrogen and oxygen atoms in total. The van der Waals surface area contributed by atoms with Crippen molar-refractivity contribution >= 4 is 28.8 Å². The smallest absolute Gasteiger partial charge is 0.267 e. The molecule has 0 saturated carbocycles. The molecule has 37 heavy (non-hydrogen) atoms. The highest BCUT2D eigenvalue weighted by Crippen LogP contribution is 2.37. The molecule has 190 valence electrons. The first-order valence-corrected chi connectivity index (χ1v) is 12.5. The first kappa shape index (κ1) is 24.5. The number of para-hydroxylation sites is 1. The second kappa shape index (κ2) is 10.9. The zero-order valence-electron chi connectivity index (χ0n) is 20.8. The van der Waals surface area contributed by atoms with Crippen LogP contribution in [0.2, 0.25) is 0 Å². The number of fused-ring (bicyclic) bond motifs is 2. The summed E-state index contributed by atoms with van der Waals surface area (Å²) < 4.78 is 0. The predicted octanol–water partition coefficient (Wildman–Crippen LogP) is 4.11. The van der Waals surface area contributed by atoms with Gasteiger partial charge in [-0.15, -0.1) is 0 Å². The average Bonchev–Trinajstić information content (AvgIpc) is 3.67. The standard InChI is InChI=1S/C29H31N5O3/c1-30-29(36)26-15-20(16-31-26)18-34(13-12-22-17-32-25-5-3-2-4-23(22)25)27-10-8-21-14-19(6-9-24(21)27)7-11-28(35)33-37/h2-7,9,11,14-17,27,31-32,37H,8,10,12-13,18H2,1H3,(H,30,36)(H,33,35)/b11-7+. The third kappa shape index (κ3) is 5.35. The number of rotatable bonds is 9. The van der Waals surface area contributed by atoms with Gasteiger partial charge in [0.1, 0.15) is 5.69 Å². The molecule has 0 aliphatic heterocycles. The van der Waals surface area contributed by atoms with E-state index in [1.165, 1.54) is 28.2 Å². The molecule has 4 aromatic rings.